The second-order valence-corrected chi connectivity index (χ2v) is 4.31. The van der Waals surface area contributed by atoms with E-state index in [-0.39, 0.29) is 5.91 Å². The van der Waals surface area contributed by atoms with Gasteiger partial charge in [-0.25, -0.2) is 0 Å². The van der Waals surface area contributed by atoms with Crippen LogP contribution in [0.5, 0.6) is 0 Å². The number of amides is 1. The average Bonchev–Trinajstić information content (AvgIpc) is 2.60. The molecule has 0 bridgehead atoms. The lowest BCUT2D eigenvalue weighted by Crippen LogP contribution is -2.27. The second-order valence-electron chi connectivity index (χ2n) is 4.31. The highest BCUT2D eigenvalue weighted by Crippen LogP contribution is 2.19. The van der Waals surface area contributed by atoms with Gasteiger partial charge in [0.2, 0.25) is 11.8 Å². The van der Waals surface area contributed by atoms with E-state index in [2.05, 4.69) is 10.5 Å². The summed E-state index contributed by atoms with van der Waals surface area (Å²) < 4.78 is 10.4. The summed E-state index contributed by atoms with van der Waals surface area (Å²) in [4.78, 5) is 13.4. The summed E-state index contributed by atoms with van der Waals surface area (Å²) in [6.07, 6.45) is 0.681. The van der Waals surface area contributed by atoms with Crippen LogP contribution in [-0.2, 0) is 16.0 Å². The normalized spacial score (nSPS) is 10.9. The van der Waals surface area contributed by atoms with Crippen molar-refractivity contribution in [3.8, 4) is 0 Å². The first-order valence-corrected chi connectivity index (χ1v) is 6.02. The number of carbonyl (C=O) groups is 1. The number of rotatable bonds is 7. The highest BCUT2D eigenvalue weighted by Gasteiger charge is 2.15. The lowest BCUT2D eigenvalue weighted by Gasteiger charge is -2.09. The third kappa shape index (κ3) is 4.46. The number of likely N-dealkylation sites (N-methyl/N-ethyl adjacent to an activating group) is 1. The molecule has 0 unspecified atom stereocenters. The molecule has 0 aliphatic carbocycles. The number of aromatic nitrogens is 1. The number of anilines is 1. The van der Waals surface area contributed by atoms with Gasteiger partial charge in [0.15, 0.2) is 0 Å². The van der Waals surface area contributed by atoms with E-state index in [0.29, 0.717) is 32.1 Å². The van der Waals surface area contributed by atoms with Crippen molar-refractivity contribution in [2.24, 2.45) is 0 Å². The van der Waals surface area contributed by atoms with Crippen LogP contribution < -0.4 is 5.32 Å². The smallest absolute Gasteiger partial charge is 0.240 e. The van der Waals surface area contributed by atoms with E-state index < -0.39 is 0 Å². The highest BCUT2D eigenvalue weighted by atomic mass is 16.5. The summed E-state index contributed by atoms with van der Waals surface area (Å²) in [5.41, 5.74) is 1.69. The molecule has 0 saturated carbocycles. The Kier molecular flexibility index (Phi) is 5.80. The number of aryl methyl sites for hydroxylation is 1. The summed E-state index contributed by atoms with van der Waals surface area (Å²) in [7, 11) is 3.67. The Labute approximate surface area is 107 Å². The van der Waals surface area contributed by atoms with Crippen LogP contribution in [0.2, 0.25) is 0 Å². The zero-order chi connectivity index (χ0) is 13.5. The maximum absolute atomic E-state index is 11.6. The van der Waals surface area contributed by atoms with Gasteiger partial charge in [0.25, 0.3) is 0 Å². The zero-order valence-corrected chi connectivity index (χ0v) is 11.4. The van der Waals surface area contributed by atoms with Gasteiger partial charge in [0.1, 0.15) is 0 Å². The van der Waals surface area contributed by atoms with E-state index in [1.165, 1.54) is 0 Å². The SMILES string of the molecule is CCOCCc1c(C)noc1NC(=O)CN(C)C. The Morgan fingerprint density at radius 3 is 2.83 bits per heavy atom. The molecule has 102 valence electrons. The Morgan fingerprint density at radius 1 is 1.50 bits per heavy atom. The van der Waals surface area contributed by atoms with Gasteiger partial charge < -0.3 is 14.2 Å². The quantitative estimate of drug-likeness (QED) is 0.738. The van der Waals surface area contributed by atoms with Crippen LogP contribution in [-0.4, -0.2) is 49.8 Å². The minimum absolute atomic E-state index is 0.117. The van der Waals surface area contributed by atoms with Crippen molar-refractivity contribution >= 4 is 11.8 Å². The standard InChI is InChI=1S/C12H21N3O3/c1-5-17-7-6-10-9(2)14-18-12(10)13-11(16)8-15(3)4/h5-8H2,1-4H3,(H,13,16). The topological polar surface area (TPSA) is 67.6 Å². The third-order valence-electron chi connectivity index (χ3n) is 2.40. The first-order chi connectivity index (χ1) is 8.54. The molecule has 0 aliphatic heterocycles. The predicted molar refractivity (Wildman–Crippen MR) is 68.6 cm³/mol. The molecule has 0 radical (unpaired) electrons. The van der Waals surface area contributed by atoms with Crippen molar-refractivity contribution in [1.29, 1.82) is 0 Å². The van der Waals surface area contributed by atoms with Crippen molar-refractivity contribution in [3.05, 3.63) is 11.3 Å². The Bertz CT molecular complexity index is 388. The predicted octanol–water partition coefficient (Wildman–Crippen LogP) is 1.06. The van der Waals surface area contributed by atoms with Gasteiger partial charge in [-0.1, -0.05) is 5.16 Å². The lowest BCUT2D eigenvalue weighted by atomic mass is 10.2. The van der Waals surface area contributed by atoms with E-state index in [1.54, 1.807) is 4.90 Å². The summed E-state index contributed by atoms with van der Waals surface area (Å²) in [5.74, 6) is 0.313. The number of ether oxygens (including phenoxy) is 1. The first kappa shape index (κ1) is 14.7. The Hall–Kier alpha value is -1.40. The molecule has 0 aliphatic rings. The van der Waals surface area contributed by atoms with E-state index in [9.17, 15) is 4.79 Å². The monoisotopic (exact) mass is 255 g/mol. The number of hydrogen-bond donors (Lipinski definition) is 1. The second kappa shape index (κ2) is 7.13. The molecule has 0 aromatic carbocycles. The number of carbonyl (C=O) groups excluding carboxylic acids is 1. The van der Waals surface area contributed by atoms with Crippen LogP contribution in [0.4, 0.5) is 5.88 Å². The molecule has 0 fully saturated rings. The molecule has 18 heavy (non-hydrogen) atoms. The fourth-order valence-electron chi connectivity index (χ4n) is 1.55. The molecule has 0 saturated heterocycles. The summed E-state index contributed by atoms with van der Waals surface area (Å²) in [5, 5.41) is 6.59. The van der Waals surface area contributed by atoms with Crippen molar-refractivity contribution in [2.75, 3.05) is 39.2 Å². The van der Waals surface area contributed by atoms with Gasteiger partial charge in [0, 0.05) is 18.6 Å². The molecule has 6 nitrogen and oxygen atoms in total. The van der Waals surface area contributed by atoms with Crippen LogP contribution in [0.25, 0.3) is 0 Å². The molecule has 1 aromatic heterocycles. The van der Waals surface area contributed by atoms with Crippen molar-refractivity contribution in [2.45, 2.75) is 20.3 Å². The van der Waals surface area contributed by atoms with Crippen molar-refractivity contribution in [1.82, 2.24) is 10.1 Å². The Balaban J connectivity index is 2.62. The molecule has 0 atom stereocenters. The fourth-order valence-corrected chi connectivity index (χ4v) is 1.55. The first-order valence-electron chi connectivity index (χ1n) is 6.02. The molecule has 1 amide bonds. The number of hydrogen-bond acceptors (Lipinski definition) is 5. The lowest BCUT2D eigenvalue weighted by molar-refractivity contribution is -0.116. The van der Waals surface area contributed by atoms with Gasteiger partial charge in [-0.15, -0.1) is 0 Å². The van der Waals surface area contributed by atoms with Gasteiger partial charge in [-0.2, -0.15) is 0 Å². The Morgan fingerprint density at radius 2 is 2.22 bits per heavy atom. The molecular weight excluding hydrogens is 234 g/mol. The molecule has 1 heterocycles. The van der Waals surface area contributed by atoms with Crippen LogP contribution in [0, 0.1) is 6.92 Å². The van der Waals surface area contributed by atoms with Gasteiger partial charge in [-0.05, 0) is 27.9 Å². The largest absolute Gasteiger partial charge is 0.381 e. The zero-order valence-electron chi connectivity index (χ0n) is 11.4. The number of nitrogens with one attached hydrogen (secondary N) is 1. The number of nitrogens with zero attached hydrogens (tertiary/aromatic N) is 2. The third-order valence-corrected chi connectivity index (χ3v) is 2.40. The molecular formula is C12H21N3O3. The van der Waals surface area contributed by atoms with Crippen LogP contribution in [0.3, 0.4) is 0 Å². The average molecular weight is 255 g/mol. The van der Waals surface area contributed by atoms with E-state index >= 15 is 0 Å². The maximum Gasteiger partial charge on any atom is 0.240 e. The van der Waals surface area contributed by atoms with Crippen LogP contribution in [0.1, 0.15) is 18.2 Å². The minimum Gasteiger partial charge on any atom is -0.381 e. The fraction of sp³-hybridized carbons (Fsp3) is 0.667. The minimum atomic E-state index is -0.117. The van der Waals surface area contributed by atoms with Crippen LogP contribution in [0.15, 0.2) is 4.52 Å². The van der Waals surface area contributed by atoms with Gasteiger partial charge >= 0.3 is 0 Å². The van der Waals surface area contributed by atoms with E-state index in [1.807, 2.05) is 27.9 Å². The molecule has 1 N–H and O–H groups in total. The van der Waals surface area contributed by atoms with Gasteiger partial charge in [-0.3, -0.25) is 10.1 Å². The van der Waals surface area contributed by atoms with Crippen LogP contribution >= 0.6 is 0 Å². The molecule has 0 spiro atoms. The molecule has 1 aromatic rings. The molecule has 1 rings (SSSR count). The van der Waals surface area contributed by atoms with E-state index in [0.717, 1.165) is 11.3 Å². The van der Waals surface area contributed by atoms with Crippen molar-refractivity contribution in [3.63, 3.8) is 0 Å². The molecule has 6 heteroatoms. The summed E-state index contributed by atoms with van der Waals surface area (Å²) >= 11 is 0. The van der Waals surface area contributed by atoms with Crippen molar-refractivity contribution < 1.29 is 14.1 Å². The van der Waals surface area contributed by atoms with E-state index in [4.69, 9.17) is 9.26 Å². The highest BCUT2D eigenvalue weighted by molar-refractivity contribution is 5.91. The van der Waals surface area contributed by atoms with Gasteiger partial charge in [0.05, 0.1) is 18.8 Å². The summed E-state index contributed by atoms with van der Waals surface area (Å²) in [6.45, 7) is 5.37. The summed E-state index contributed by atoms with van der Waals surface area (Å²) in [6, 6.07) is 0. The maximum atomic E-state index is 11.6.